The van der Waals surface area contributed by atoms with Crippen molar-refractivity contribution in [2.45, 2.75) is 38.0 Å². The van der Waals surface area contributed by atoms with Gasteiger partial charge in [0.1, 0.15) is 0 Å². The van der Waals surface area contributed by atoms with Gasteiger partial charge in [0.05, 0.1) is 5.69 Å². The van der Waals surface area contributed by atoms with E-state index in [4.69, 9.17) is 0 Å². The Hall–Kier alpha value is -1.16. The smallest absolute Gasteiger partial charge is 0.316 e. The van der Waals surface area contributed by atoms with Crippen LogP contribution in [0.2, 0.25) is 0 Å². The Morgan fingerprint density at radius 2 is 2.19 bits per heavy atom. The third kappa shape index (κ3) is 1.67. The molecule has 1 aliphatic heterocycles. The van der Waals surface area contributed by atoms with E-state index in [2.05, 4.69) is 15.3 Å². The minimum Gasteiger partial charge on any atom is -0.316 e. The van der Waals surface area contributed by atoms with Gasteiger partial charge in [0, 0.05) is 18.2 Å². The number of hydrogen-bond acceptors (Lipinski definition) is 3. The lowest BCUT2D eigenvalue weighted by Gasteiger charge is -2.23. The summed E-state index contributed by atoms with van der Waals surface area (Å²) in [5, 5.41) is 3.39. The van der Waals surface area contributed by atoms with Crippen molar-refractivity contribution in [3.8, 4) is 0 Å². The average Bonchev–Trinajstić information content (AvgIpc) is 2.77. The topological polar surface area (TPSA) is 57.8 Å². The van der Waals surface area contributed by atoms with Crippen molar-refractivity contribution in [2.75, 3.05) is 13.1 Å². The molecule has 1 unspecified atom stereocenters. The molecule has 2 aliphatic rings. The third-order valence-corrected chi connectivity index (χ3v) is 3.69. The molecule has 0 bridgehead atoms. The molecule has 4 heteroatoms. The molecule has 86 valence electrons. The molecule has 0 saturated carbocycles. The van der Waals surface area contributed by atoms with Gasteiger partial charge in [-0.15, -0.1) is 0 Å². The van der Waals surface area contributed by atoms with Crippen LogP contribution in [0.3, 0.4) is 0 Å². The summed E-state index contributed by atoms with van der Waals surface area (Å²) >= 11 is 0. The number of fused-ring (bicyclic) bond motifs is 1. The van der Waals surface area contributed by atoms with Crippen LogP contribution in [0.1, 0.15) is 42.1 Å². The molecule has 0 spiro atoms. The summed E-state index contributed by atoms with van der Waals surface area (Å²) in [7, 11) is 0. The molecular weight excluding hydrogens is 202 g/mol. The lowest BCUT2D eigenvalue weighted by molar-refractivity contribution is 0.451. The summed E-state index contributed by atoms with van der Waals surface area (Å²) in [5.41, 5.74) is 3.37. The molecule has 1 aromatic heterocycles. The molecule has 4 nitrogen and oxygen atoms in total. The van der Waals surface area contributed by atoms with Crippen LogP contribution in [-0.4, -0.2) is 23.1 Å². The fourth-order valence-electron chi connectivity index (χ4n) is 2.92. The Bertz CT molecular complexity index is 446. The Labute approximate surface area is 94.5 Å². The minimum absolute atomic E-state index is 0.166. The molecule has 1 aliphatic carbocycles. The van der Waals surface area contributed by atoms with Gasteiger partial charge in [-0.05, 0) is 44.2 Å². The monoisotopic (exact) mass is 219 g/mol. The summed E-state index contributed by atoms with van der Waals surface area (Å²) in [4.78, 5) is 18.6. The first-order chi connectivity index (χ1) is 7.84. The van der Waals surface area contributed by atoms with Crippen molar-refractivity contribution >= 4 is 0 Å². The normalized spacial score (nSPS) is 24.4. The van der Waals surface area contributed by atoms with Crippen LogP contribution in [-0.2, 0) is 12.8 Å². The average molecular weight is 219 g/mol. The maximum absolute atomic E-state index is 11.5. The first-order valence-electron chi connectivity index (χ1n) is 6.17. The number of H-pyrrole nitrogens is 1. The van der Waals surface area contributed by atoms with Crippen LogP contribution in [0, 0.1) is 0 Å². The predicted molar refractivity (Wildman–Crippen MR) is 61.7 cm³/mol. The molecule has 1 atom stereocenters. The molecule has 1 saturated heterocycles. The second kappa shape index (κ2) is 4.01. The third-order valence-electron chi connectivity index (χ3n) is 3.69. The van der Waals surface area contributed by atoms with Crippen molar-refractivity contribution in [3.63, 3.8) is 0 Å². The minimum atomic E-state index is -0.166. The number of aryl methyl sites for hydroxylation is 1. The number of nitrogens with zero attached hydrogens (tertiary/aromatic N) is 1. The van der Waals surface area contributed by atoms with Gasteiger partial charge in [0.2, 0.25) is 0 Å². The first kappa shape index (κ1) is 10.0. The molecule has 2 N–H and O–H groups in total. The lowest BCUT2D eigenvalue weighted by Crippen LogP contribution is -2.31. The van der Waals surface area contributed by atoms with Crippen LogP contribution in [0.25, 0.3) is 0 Å². The number of nitrogens with one attached hydrogen (secondary N) is 2. The number of piperidine rings is 1. The van der Waals surface area contributed by atoms with Crippen LogP contribution in [0.5, 0.6) is 0 Å². The zero-order chi connectivity index (χ0) is 11.0. The van der Waals surface area contributed by atoms with Gasteiger partial charge in [-0.25, -0.2) is 4.79 Å². The molecule has 1 fully saturated rings. The van der Waals surface area contributed by atoms with E-state index in [-0.39, 0.29) is 5.69 Å². The maximum Gasteiger partial charge on any atom is 0.345 e. The van der Waals surface area contributed by atoms with Crippen molar-refractivity contribution in [1.82, 2.24) is 15.3 Å². The van der Waals surface area contributed by atoms with E-state index in [1.807, 2.05) is 0 Å². The fourth-order valence-corrected chi connectivity index (χ4v) is 2.92. The van der Waals surface area contributed by atoms with E-state index >= 15 is 0 Å². The summed E-state index contributed by atoms with van der Waals surface area (Å²) < 4.78 is 0. The largest absolute Gasteiger partial charge is 0.345 e. The highest BCUT2D eigenvalue weighted by Crippen LogP contribution is 2.29. The second-order valence-corrected chi connectivity index (χ2v) is 4.78. The highest BCUT2D eigenvalue weighted by Gasteiger charge is 2.24. The Morgan fingerprint density at radius 1 is 1.25 bits per heavy atom. The molecule has 0 aromatic carbocycles. The van der Waals surface area contributed by atoms with E-state index < -0.39 is 0 Å². The maximum atomic E-state index is 11.5. The Balaban J connectivity index is 2.02. The zero-order valence-corrected chi connectivity index (χ0v) is 9.38. The van der Waals surface area contributed by atoms with Gasteiger partial charge in [0.25, 0.3) is 0 Å². The van der Waals surface area contributed by atoms with Crippen molar-refractivity contribution in [3.05, 3.63) is 27.4 Å². The highest BCUT2D eigenvalue weighted by molar-refractivity contribution is 5.31. The highest BCUT2D eigenvalue weighted by atomic mass is 16.1. The van der Waals surface area contributed by atoms with E-state index in [9.17, 15) is 4.79 Å². The van der Waals surface area contributed by atoms with Gasteiger partial charge in [-0.1, -0.05) is 0 Å². The number of hydrogen-bond donors (Lipinski definition) is 2. The molecule has 0 amide bonds. The van der Waals surface area contributed by atoms with E-state index in [0.717, 1.165) is 50.2 Å². The molecule has 2 heterocycles. The van der Waals surface area contributed by atoms with Gasteiger partial charge in [0.15, 0.2) is 0 Å². The SMILES string of the molecule is O=c1nc(C2CCCNC2)c2c([nH]1)CCC2. The number of rotatable bonds is 1. The molecular formula is C12H17N3O. The van der Waals surface area contributed by atoms with Crippen molar-refractivity contribution in [2.24, 2.45) is 0 Å². The van der Waals surface area contributed by atoms with E-state index in [1.165, 1.54) is 12.0 Å². The van der Waals surface area contributed by atoms with Gasteiger partial charge in [-0.3, -0.25) is 0 Å². The molecule has 16 heavy (non-hydrogen) atoms. The summed E-state index contributed by atoms with van der Waals surface area (Å²) in [6, 6.07) is 0. The van der Waals surface area contributed by atoms with Gasteiger partial charge < -0.3 is 10.3 Å². The van der Waals surface area contributed by atoms with Gasteiger partial charge in [-0.2, -0.15) is 4.98 Å². The lowest BCUT2D eigenvalue weighted by atomic mass is 9.92. The van der Waals surface area contributed by atoms with Crippen LogP contribution in [0.15, 0.2) is 4.79 Å². The fraction of sp³-hybridized carbons (Fsp3) is 0.667. The van der Waals surface area contributed by atoms with Crippen LogP contribution in [0.4, 0.5) is 0 Å². The van der Waals surface area contributed by atoms with Crippen LogP contribution >= 0.6 is 0 Å². The summed E-state index contributed by atoms with van der Waals surface area (Å²) in [6.45, 7) is 2.07. The van der Waals surface area contributed by atoms with Crippen LogP contribution < -0.4 is 11.0 Å². The van der Waals surface area contributed by atoms with E-state index in [1.54, 1.807) is 0 Å². The van der Waals surface area contributed by atoms with E-state index in [0.29, 0.717) is 5.92 Å². The quantitative estimate of drug-likeness (QED) is 0.732. The Kier molecular flexibility index (Phi) is 2.52. The summed E-state index contributed by atoms with van der Waals surface area (Å²) in [5.74, 6) is 0.447. The van der Waals surface area contributed by atoms with Crippen molar-refractivity contribution in [1.29, 1.82) is 0 Å². The number of aromatic amines is 1. The number of aromatic nitrogens is 2. The zero-order valence-electron chi connectivity index (χ0n) is 9.38. The Morgan fingerprint density at radius 3 is 3.00 bits per heavy atom. The standard InChI is InChI=1S/C12H17N3O/c16-12-14-10-5-1-4-9(10)11(15-12)8-3-2-6-13-7-8/h8,13H,1-7H2,(H,14,15,16). The van der Waals surface area contributed by atoms with Crippen molar-refractivity contribution < 1.29 is 0 Å². The predicted octanol–water partition coefficient (Wildman–Crippen LogP) is 0.726. The van der Waals surface area contributed by atoms with Gasteiger partial charge >= 0.3 is 5.69 Å². The second-order valence-electron chi connectivity index (χ2n) is 4.78. The first-order valence-corrected chi connectivity index (χ1v) is 6.17. The molecule has 3 rings (SSSR count). The molecule has 0 radical (unpaired) electrons. The molecule has 1 aromatic rings. The summed E-state index contributed by atoms with van der Waals surface area (Å²) in [6.07, 6.45) is 5.61.